The third kappa shape index (κ3) is 4.81. The Balaban J connectivity index is 2.45. The molecule has 0 saturated heterocycles. The molecule has 0 N–H and O–H groups in total. The quantitative estimate of drug-likeness (QED) is 0.414. The maximum Gasteiger partial charge on any atom is 0.338 e. The number of hydrogen-bond acceptors (Lipinski definition) is 3. The Morgan fingerprint density at radius 3 is 2.59 bits per heavy atom. The van der Waals surface area contributed by atoms with E-state index in [1.165, 1.54) is 0 Å². The number of aldehydes is 1. The minimum absolute atomic E-state index is 0.431. The highest BCUT2D eigenvalue weighted by Gasteiger charge is 2.14. The fourth-order valence-electron chi connectivity index (χ4n) is 1.53. The zero-order valence-corrected chi connectivity index (χ0v) is 10.1. The van der Waals surface area contributed by atoms with Crippen LogP contribution in [0.25, 0.3) is 0 Å². The normalized spacial score (nSPS) is 11.8. The maximum absolute atomic E-state index is 11.7. The summed E-state index contributed by atoms with van der Waals surface area (Å²) < 4.78 is 5.13. The number of benzene rings is 1. The number of esters is 1. The lowest BCUT2D eigenvalue weighted by Gasteiger charge is -2.11. The Bertz CT molecular complexity index is 346. The molecule has 1 aromatic rings. The number of carbonyl (C=O) groups is 2. The second kappa shape index (κ2) is 7.60. The minimum Gasteiger partial charge on any atom is -0.451 e. The van der Waals surface area contributed by atoms with Crippen molar-refractivity contribution in [2.45, 2.75) is 38.7 Å². The van der Waals surface area contributed by atoms with Crippen molar-refractivity contribution < 1.29 is 14.3 Å². The molecule has 1 atom stereocenters. The Kier molecular flexibility index (Phi) is 6.00. The molecule has 0 radical (unpaired) electrons. The van der Waals surface area contributed by atoms with E-state index in [0.29, 0.717) is 18.3 Å². The van der Waals surface area contributed by atoms with Gasteiger partial charge in [-0.1, -0.05) is 38.0 Å². The van der Waals surface area contributed by atoms with Crippen LogP contribution in [0.4, 0.5) is 0 Å². The Morgan fingerprint density at radius 2 is 2.00 bits per heavy atom. The minimum atomic E-state index is -0.616. The van der Waals surface area contributed by atoms with Gasteiger partial charge in [-0.15, -0.1) is 0 Å². The van der Waals surface area contributed by atoms with Gasteiger partial charge in [0.2, 0.25) is 0 Å². The van der Waals surface area contributed by atoms with Crippen molar-refractivity contribution in [3.8, 4) is 0 Å². The van der Waals surface area contributed by atoms with E-state index in [0.717, 1.165) is 19.3 Å². The number of carbonyl (C=O) groups excluding carboxylic acids is 2. The van der Waals surface area contributed by atoms with Crippen LogP contribution in [0.15, 0.2) is 30.3 Å². The highest BCUT2D eigenvalue weighted by Crippen LogP contribution is 2.08. The summed E-state index contributed by atoms with van der Waals surface area (Å²) in [6, 6.07) is 8.72. The Hall–Kier alpha value is -1.64. The van der Waals surface area contributed by atoms with Crippen molar-refractivity contribution in [1.82, 2.24) is 0 Å². The molecule has 3 heteroatoms. The summed E-state index contributed by atoms with van der Waals surface area (Å²) in [7, 11) is 0. The van der Waals surface area contributed by atoms with Gasteiger partial charge in [0.1, 0.15) is 0 Å². The first-order valence-corrected chi connectivity index (χ1v) is 5.99. The van der Waals surface area contributed by atoms with Gasteiger partial charge in [0.05, 0.1) is 5.56 Å². The lowest BCUT2D eigenvalue weighted by atomic mass is 10.1. The van der Waals surface area contributed by atoms with Gasteiger partial charge < -0.3 is 4.74 Å². The van der Waals surface area contributed by atoms with Crippen molar-refractivity contribution >= 4 is 12.3 Å². The van der Waals surface area contributed by atoms with E-state index in [2.05, 4.69) is 6.92 Å². The van der Waals surface area contributed by atoms with Gasteiger partial charge in [-0.3, -0.25) is 4.79 Å². The highest BCUT2D eigenvalue weighted by molar-refractivity contribution is 5.90. The van der Waals surface area contributed by atoms with Crippen LogP contribution in [0.2, 0.25) is 0 Å². The first-order chi connectivity index (χ1) is 8.27. The Labute approximate surface area is 102 Å². The number of unbranched alkanes of at least 4 members (excludes halogenated alkanes) is 2. The molecule has 17 heavy (non-hydrogen) atoms. The van der Waals surface area contributed by atoms with Crippen molar-refractivity contribution in [1.29, 1.82) is 0 Å². The standard InChI is InChI=1S/C14H18O3/c1-2-3-5-10-13(11-15)17-14(16)12-8-6-4-7-9-12/h4,6-9,11,13H,2-3,5,10H2,1H3. The van der Waals surface area contributed by atoms with Gasteiger partial charge in [-0.25, -0.2) is 4.79 Å². The molecule has 0 aromatic heterocycles. The molecule has 3 nitrogen and oxygen atoms in total. The summed E-state index contributed by atoms with van der Waals surface area (Å²) >= 11 is 0. The molecular formula is C14H18O3. The van der Waals surface area contributed by atoms with Crippen molar-refractivity contribution in [3.05, 3.63) is 35.9 Å². The maximum atomic E-state index is 11.7. The SMILES string of the molecule is CCCCCC(C=O)OC(=O)c1ccccc1. The lowest BCUT2D eigenvalue weighted by molar-refractivity contribution is -0.115. The van der Waals surface area contributed by atoms with E-state index < -0.39 is 12.1 Å². The molecular weight excluding hydrogens is 216 g/mol. The van der Waals surface area contributed by atoms with E-state index in [9.17, 15) is 9.59 Å². The van der Waals surface area contributed by atoms with E-state index in [4.69, 9.17) is 4.74 Å². The van der Waals surface area contributed by atoms with Crippen LogP contribution < -0.4 is 0 Å². The third-order valence-electron chi connectivity index (χ3n) is 2.51. The van der Waals surface area contributed by atoms with Gasteiger partial charge in [-0.2, -0.15) is 0 Å². The fourth-order valence-corrected chi connectivity index (χ4v) is 1.53. The smallest absolute Gasteiger partial charge is 0.338 e. The highest BCUT2D eigenvalue weighted by atomic mass is 16.5. The van der Waals surface area contributed by atoms with Crippen LogP contribution in [0.5, 0.6) is 0 Å². The average molecular weight is 234 g/mol. The zero-order valence-electron chi connectivity index (χ0n) is 10.1. The van der Waals surface area contributed by atoms with Crippen LogP contribution in [0.3, 0.4) is 0 Å². The van der Waals surface area contributed by atoms with Gasteiger partial charge >= 0.3 is 5.97 Å². The first-order valence-electron chi connectivity index (χ1n) is 5.99. The van der Waals surface area contributed by atoms with Crippen LogP contribution in [-0.2, 0) is 9.53 Å². The molecule has 1 rings (SSSR count). The second-order valence-electron chi connectivity index (χ2n) is 3.94. The topological polar surface area (TPSA) is 43.4 Å². The molecule has 0 saturated carbocycles. The lowest BCUT2D eigenvalue weighted by Crippen LogP contribution is -2.19. The monoisotopic (exact) mass is 234 g/mol. The summed E-state index contributed by atoms with van der Waals surface area (Å²) in [5.74, 6) is -0.431. The first kappa shape index (κ1) is 13.4. The van der Waals surface area contributed by atoms with Crippen LogP contribution in [-0.4, -0.2) is 18.4 Å². The molecule has 0 heterocycles. The van der Waals surface area contributed by atoms with Crippen LogP contribution >= 0.6 is 0 Å². The predicted octanol–water partition coefficient (Wildman–Crippen LogP) is 2.99. The van der Waals surface area contributed by atoms with Gasteiger partial charge in [-0.05, 0) is 25.0 Å². The molecule has 0 aliphatic heterocycles. The fraction of sp³-hybridized carbons (Fsp3) is 0.429. The molecule has 0 bridgehead atoms. The van der Waals surface area contributed by atoms with E-state index >= 15 is 0 Å². The van der Waals surface area contributed by atoms with Crippen LogP contribution in [0, 0.1) is 0 Å². The van der Waals surface area contributed by atoms with Crippen molar-refractivity contribution in [3.63, 3.8) is 0 Å². The van der Waals surface area contributed by atoms with Gasteiger partial charge in [0.25, 0.3) is 0 Å². The molecule has 0 aliphatic rings. The third-order valence-corrected chi connectivity index (χ3v) is 2.51. The molecule has 92 valence electrons. The zero-order chi connectivity index (χ0) is 12.5. The molecule has 1 aromatic carbocycles. The molecule has 0 amide bonds. The molecule has 0 aliphatic carbocycles. The van der Waals surface area contributed by atoms with E-state index in [-0.39, 0.29) is 0 Å². The average Bonchev–Trinajstić information content (AvgIpc) is 2.38. The number of ether oxygens (including phenoxy) is 1. The molecule has 0 spiro atoms. The Morgan fingerprint density at radius 1 is 1.29 bits per heavy atom. The van der Waals surface area contributed by atoms with Crippen molar-refractivity contribution in [2.75, 3.05) is 0 Å². The number of hydrogen-bond donors (Lipinski definition) is 0. The molecule has 0 fully saturated rings. The van der Waals surface area contributed by atoms with E-state index in [1.54, 1.807) is 24.3 Å². The summed E-state index contributed by atoms with van der Waals surface area (Å²) in [4.78, 5) is 22.5. The largest absolute Gasteiger partial charge is 0.451 e. The summed E-state index contributed by atoms with van der Waals surface area (Å²) in [5, 5.41) is 0. The predicted molar refractivity (Wildman–Crippen MR) is 65.9 cm³/mol. The van der Waals surface area contributed by atoms with E-state index in [1.807, 2.05) is 6.07 Å². The number of rotatable bonds is 7. The van der Waals surface area contributed by atoms with Gasteiger partial charge in [0, 0.05) is 0 Å². The van der Waals surface area contributed by atoms with Crippen molar-refractivity contribution in [2.24, 2.45) is 0 Å². The summed E-state index contributed by atoms with van der Waals surface area (Å²) in [5.41, 5.74) is 0.481. The second-order valence-corrected chi connectivity index (χ2v) is 3.94. The molecule has 1 unspecified atom stereocenters. The van der Waals surface area contributed by atoms with Crippen LogP contribution in [0.1, 0.15) is 43.0 Å². The summed E-state index contributed by atoms with van der Waals surface area (Å²) in [6.45, 7) is 2.09. The summed E-state index contributed by atoms with van der Waals surface area (Å²) in [6.07, 6.45) is 3.73. The van der Waals surface area contributed by atoms with Gasteiger partial charge in [0.15, 0.2) is 12.4 Å².